The van der Waals surface area contributed by atoms with Gasteiger partial charge >= 0.3 is 0 Å². The number of nitrogens with zero attached hydrogens (tertiary/aromatic N) is 2. The van der Waals surface area contributed by atoms with Crippen molar-refractivity contribution in [1.29, 1.82) is 0 Å². The molecule has 1 amide bonds. The molecule has 4 heterocycles. The van der Waals surface area contributed by atoms with Crippen molar-refractivity contribution in [3.8, 4) is 0 Å². The normalized spacial score (nSPS) is 22.1. The van der Waals surface area contributed by atoms with Crippen molar-refractivity contribution >= 4 is 17.2 Å². The molecule has 0 saturated carbocycles. The van der Waals surface area contributed by atoms with E-state index in [1.165, 1.54) is 5.56 Å². The number of imidazole rings is 1. The van der Waals surface area contributed by atoms with Crippen molar-refractivity contribution in [2.75, 3.05) is 19.6 Å². The quantitative estimate of drug-likeness (QED) is 0.736. The Bertz CT molecular complexity index is 761. The number of rotatable bonds is 5. The van der Waals surface area contributed by atoms with Crippen LogP contribution in [-0.4, -0.2) is 46.5 Å². The molecular formula is C20H29N5OS. The summed E-state index contributed by atoms with van der Waals surface area (Å²) in [4.78, 5) is 23.1. The number of nitrogens with one attached hydrogen (secondary N) is 3. The zero-order valence-electron chi connectivity index (χ0n) is 16.1. The highest BCUT2D eigenvalue weighted by Crippen LogP contribution is 2.37. The summed E-state index contributed by atoms with van der Waals surface area (Å²) in [5.74, 6) is 0.554. The Morgan fingerprint density at radius 3 is 2.96 bits per heavy atom. The zero-order valence-corrected chi connectivity index (χ0v) is 16.9. The van der Waals surface area contributed by atoms with Crippen LogP contribution in [0.1, 0.15) is 43.6 Å². The van der Waals surface area contributed by atoms with Crippen LogP contribution in [0.2, 0.25) is 0 Å². The molecular weight excluding hydrogens is 358 g/mol. The average Bonchev–Trinajstić information content (AvgIpc) is 3.33. The summed E-state index contributed by atoms with van der Waals surface area (Å²) in [6, 6.07) is 2.01. The number of hydrogen-bond donors (Lipinski definition) is 3. The van der Waals surface area contributed by atoms with E-state index in [9.17, 15) is 4.79 Å². The molecule has 1 atom stereocenters. The molecule has 1 saturated heterocycles. The van der Waals surface area contributed by atoms with E-state index in [-0.39, 0.29) is 17.5 Å². The van der Waals surface area contributed by atoms with Gasteiger partial charge in [0.2, 0.25) is 5.91 Å². The topological polar surface area (TPSA) is 73.0 Å². The van der Waals surface area contributed by atoms with Gasteiger partial charge in [-0.25, -0.2) is 4.98 Å². The number of H-pyrrole nitrogens is 1. The monoisotopic (exact) mass is 387 g/mol. The number of amides is 1. The number of thiophene rings is 1. The van der Waals surface area contributed by atoms with Crippen LogP contribution in [-0.2, 0) is 23.3 Å². The molecule has 0 unspecified atom stereocenters. The predicted octanol–water partition coefficient (Wildman–Crippen LogP) is 2.25. The lowest BCUT2D eigenvalue weighted by molar-refractivity contribution is -0.124. The fourth-order valence-corrected chi connectivity index (χ4v) is 4.91. The lowest BCUT2D eigenvalue weighted by Crippen LogP contribution is -2.61. The van der Waals surface area contributed by atoms with E-state index in [0.717, 1.165) is 43.9 Å². The summed E-state index contributed by atoms with van der Waals surface area (Å²) in [7, 11) is 0. The number of carbonyl (C=O) groups is 1. The second-order valence-electron chi connectivity index (χ2n) is 8.26. The maximum absolute atomic E-state index is 12.7. The van der Waals surface area contributed by atoms with Gasteiger partial charge in [0, 0.05) is 38.3 Å². The SMILES string of the molecule is CC(C)CNC(=O)[C@@H]1Cc2[nH]cnc2C2(CCN(Cc3ccsc3)CC2)N1. The predicted molar refractivity (Wildman–Crippen MR) is 108 cm³/mol. The standard InChI is InChI=1S/C20H29N5OS/c1-14(2)10-21-19(26)17-9-16-18(23-13-22-16)20(24-17)4-6-25(7-5-20)11-15-3-8-27-12-15/h3,8,12-14,17,24H,4-7,9-11H2,1-2H3,(H,21,26)(H,22,23)/t17-/m0/s1. The van der Waals surface area contributed by atoms with Crippen LogP contribution < -0.4 is 10.6 Å². The second-order valence-corrected chi connectivity index (χ2v) is 9.04. The molecule has 4 rings (SSSR count). The Morgan fingerprint density at radius 1 is 1.44 bits per heavy atom. The van der Waals surface area contributed by atoms with Gasteiger partial charge in [0.15, 0.2) is 0 Å². The largest absolute Gasteiger partial charge is 0.354 e. The minimum atomic E-state index is -0.196. The molecule has 0 aliphatic carbocycles. The third-order valence-corrected chi connectivity index (χ3v) is 6.46. The van der Waals surface area contributed by atoms with Gasteiger partial charge in [0.25, 0.3) is 0 Å². The summed E-state index contributed by atoms with van der Waals surface area (Å²) in [5, 5.41) is 11.2. The van der Waals surface area contributed by atoms with Gasteiger partial charge in [0.05, 0.1) is 23.6 Å². The molecule has 2 aromatic heterocycles. The molecule has 1 spiro atoms. The average molecular weight is 388 g/mol. The third-order valence-electron chi connectivity index (χ3n) is 5.73. The number of hydrogen-bond acceptors (Lipinski definition) is 5. The van der Waals surface area contributed by atoms with Gasteiger partial charge in [-0.1, -0.05) is 13.8 Å². The maximum Gasteiger partial charge on any atom is 0.237 e. The second kappa shape index (κ2) is 7.73. The molecule has 3 N–H and O–H groups in total. The summed E-state index contributed by atoms with van der Waals surface area (Å²) >= 11 is 1.75. The van der Waals surface area contributed by atoms with E-state index in [2.05, 4.69) is 56.2 Å². The van der Waals surface area contributed by atoms with E-state index < -0.39 is 0 Å². The van der Waals surface area contributed by atoms with Crippen molar-refractivity contribution in [3.63, 3.8) is 0 Å². The first kappa shape index (κ1) is 18.7. The van der Waals surface area contributed by atoms with Gasteiger partial charge in [0.1, 0.15) is 0 Å². The number of aromatic amines is 1. The summed E-state index contributed by atoms with van der Waals surface area (Å²) in [6.45, 7) is 7.98. The number of carbonyl (C=O) groups excluding carboxylic acids is 1. The molecule has 146 valence electrons. The van der Waals surface area contributed by atoms with Crippen molar-refractivity contribution in [3.05, 3.63) is 40.1 Å². The van der Waals surface area contributed by atoms with Gasteiger partial charge in [-0.2, -0.15) is 11.3 Å². The maximum atomic E-state index is 12.7. The minimum absolute atomic E-state index is 0.101. The van der Waals surface area contributed by atoms with Crippen molar-refractivity contribution in [1.82, 2.24) is 25.5 Å². The Balaban J connectivity index is 1.46. The first-order valence-electron chi connectivity index (χ1n) is 9.87. The Labute approximate surface area is 164 Å². The fraction of sp³-hybridized carbons (Fsp3) is 0.600. The molecule has 6 nitrogen and oxygen atoms in total. The molecule has 1 fully saturated rings. The number of fused-ring (bicyclic) bond motifs is 2. The molecule has 0 bridgehead atoms. The van der Waals surface area contributed by atoms with Crippen molar-refractivity contribution in [2.24, 2.45) is 5.92 Å². The van der Waals surface area contributed by atoms with E-state index in [1.54, 1.807) is 17.7 Å². The van der Waals surface area contributed by atoms with E-state index in [0.29, 0.717) is 18.9 Å². The molecule has 2 aromatic rings. The number of aromatic nitrogens is 2. The van der Waals surface area contributed by atoms with Crippen molar-refractivity contribution < 1.29 is 4.79 Å². The Hall–Kier alpha value is -1.70. The van der Waals surface area contributed by atoms with E-state index in [4.69, 9.17) is 0 Å². The third kappa shape index (κ3) is 3.95. The van der Waals surface area contributed by atoms with Crippen LogP contribution >= 0.6 is 11.3 Å². The molecule has 0 aromatic carbocycles. The highest BCUT2D eigenvalue weighted by atomic mass is 32.1. The summed E-state index contributed by atoms with van der Waals surface area (Å²) < 4.78 is 0. The lowest BCUT2D eigenvalue weighted by Gasteiger charge is -2.46. The van der Waals surface area contributed by atoms with Crippen LogP contribution in [0.25, 0.3) is 0 Å². The fourth-order valence-electron chi connectivity index (χ4n) is 4.25. The van der Waals surface area contributed by atoms with E-state index in [1.807, 2.05) is 0 Å². The Morgan fingerprint density at radius 2 is 2.26 bits per heavy atom. The van der Waals surface area contributed by atoms with Crippen LogP contribution in [0.15, 0.2) is 23.2 Å². The molecule has 0 radical (unpaired) electrons. The smallest absolute Gasteiger partial charge is 0.237 e. The summed E-state index contributed by atoms with van der Waals surface area (Å²) in [5.41, 5.74) is 3.42. The summed E-state index contributed by atoms with van der Waals surface area (Å²) in [6.07, 6.45) is 4.41. The van der Waals surface area contributed by atoms with E-state index >= 15 is 0 Å². The Kier molecular flexibility index (Phi) is 5.34. The van der Waals surface area contributed by atoms with Crippen LogP contribution in [0.5, 0.6) is 0 Å². The molecule has 7 heteroatoms. The lowest BCUT2D eigenvalue weighted by atomic mass is 9.78. The minimum Gasteiger partial charge on any atom is -0.354 e. The zero-order chi connectivity index (χ0) is 18.9. The first-order chi connectivity index (χ1) is 13.1. The highest BCUT2D eigenvalue weighted by molar-refractivity contribution is 7.07. The first-order valence-corrected chi connectivity index (χ1v) is 10.8. The highest BCUT2D eigenvalue weighted by Gasteiger charge is 2.45. The van der Waals surface area contributed by atoms with Crippen molar-refractivity contribution in [2.45, 2.75) is 51.2 Å². The van der Waals surface area contributed by atoms with Crippen LogP contribution in [0.3, 0.4) is 0 Å². The molecule has 2 aliphatic heterocycles. The van der Waals surface area contributed by atoms with Gasteiger partial charge < -0.3 is 10.3 Å². The van der Waals surface area contributed by atoms with Gasteiger partial charge in [-0.3, -0.25) is 15.0 Å². The number of likely N-dealkylation sites (tertiary alicyclic amines) is 1. The van der Waals surface area contributed by atoms with Gasteiger partial charge in [-0.05, 0) is 41.1 Å². The van der Waals surface area contributed by atoms with Gasteiger partial charge in [-0.15, -0.1) is 0 Å². The van der Waals surface area contributed by atoms with Crippen LogP contribution in [0, 0.1) is 5.92 Å². The molecule has 2 aliphatic rings. The molecule has 27 heavy (non-hydrogen) atoms. The van der Waals surface area contributed by atoms with Crippen LogP contribution in [0.4, 0.5) is 0 Å². The number of piperidine rings is 1.